The topological polar surface area (TPSA) is 84.9 Å². The molecule has 0 N–H and O–H groups in total. The predicted molar refractivity (Wildman–Crippen MR) is 101 cm³/mol. The van der Waals surface area contributed by atoms with Crippen LogP contribution >= 0.6 is 0 Å². The number of ether oxygens (including phenoxy) is 2. The van der Waals surface area contributed by atoms with Crippen molar-refractivity contribution in [3.8, 4) is 17.4 Å². The lowest BCUT2D eigenvalue weighted by Gasteiger charge is -2.26. The first-order valence-electron chi connectivity index (χ1n) is 8.68. The van der Waals surface area contributed by atoms with Gasteiger partial charge in [0, 0.05) is 32.4 Å². The molecule has 27 heavy (non-hydrogen) atoms. The Kier molecular flexibility index (Phi) is 5.64. The van der Waals surface area contributed by atoms with Gasteiger partial charge in [0.2, 0.25) is 5.88 Å². The average molecular weight is 392 g/mol. The van der Waals surface area contributed by atoms with Crippen molar-refractivity contribution < 1.29 is 17.9 Å². The van der Waals surface area contributed by atoms with Gasteiger partial charge in [0.05, 0.1) is 13.2 Å². The van der Waals surface area contributed by atoms with Gasteiger partial charge in [-0.1, -0.05) is 0 Å². The number of aromatic nitrogens is 2. The molecule has 1 fully saturated rings. The molecule has 0 radical (unpaired) electrons. The molecule has 1 aliphatic rings. The van der Waals surface area contributed by atoms with Crippen LogP contribution in [0.25, 0.3) is 0 Å². The molecule has 1 unspecified atom stereocenters. The van der Waals surface area contributed by atoms with Gasteiger partial charge in [-0.05, 0) is 44.0 Å². The van der Waals surface area contributed by atoms with Gasteiger partial charge in [0.1, 0.15) is 11.5 Å². The third-order valence-corrected chi connectivity index (χ3v) is 6.34. The van der Waals surface area contributed by atoms with Crippen LogP contribution in [-0.2, 0) is 10.2 Å². The standard InChI is InChI=1S/C18H24N4O4S/c1-13-12-17(26-15-9-7-14(25-4)8-10-15)20-18(19-13)16-6-5-11-22(16)27(23,24)21(2)3/h7-10,12,16H,5-6,11H2,1-4H3. The quantitative estimate of drug-likeness (QED) is 0.751. The summed E-state index contributed by atoms with van der Waals surface area (Å²) in [4.78, 5) is 8.96. The summed E-state index contributed by atoms with van der Waals surface area (Å²) >= 11 is 0. The molecular weight excluding hydrogens is 368 g/mol. The van der Waals surface area contributed by atoms with Crippen LogP contribution in [0, 0.1) is 6.92 Å². The summed E-state index contributed by atoms with van der Waals surface area (Å²) in [6.45, 7) is 2.29. The molecule has 0 amide bonds. The minimum atomic E-state index is -3.53. The highest BCUT2D eigenvalue weighted by Crippen LogP contribution is 2.34. The molecule has 1 atom stereocenters. The monoisotopic (exact) mass is 392 g/mol. The third kappa shape index (κ3) is 4.20. The van der Waals surface area contributed by atoms with Crippen LogP contribution in [-0.4, -0.2) is 54.7 Å². The first-order valence-corrected chi connectivity index (χ1v) is 10.1. The predicted octanol–water partition coefficient (Wildman–Crippen LogP) is 2.53. The fraction of sp³-hybridized carbons (Fsp3) is 0.444. The van der Waals surface area contributed by atoms with Crippen molar-refractivity contribution in [3.05, 3.63) is 41.9 Å². The van der Waals surface area contributed by atoms with Crippen LogP contribution in [0.15, 0.2) is 30.3 Å². The van der Waals surface area contributed by atoms with Crippen LogP contribution in [0.2, 0.25) is 0 Å². The lowest BCUT2D eigenvalue weighted by molar-refractivity contribution is 0.348. The molecule has 2 aromatic rings. The van der Waals surface area contributed by atoms with E-state index in [9.17, 15) is 8.42 Å². The second-order valence-corrected chi connectivity index (χ2v) is 8.64. The molecule has 1 aliphatic heterocycles. The molecule has 146 valence electrons. The maximum Gasteiger partial charge on any atom is 0.282 e. The Morgan fingerprint density at radius 3 is 2.44 bits per heavy atom. The smallest absolute Gasteiger partial charge is 0.282 e. The average Bonchev–Trinajstić information content (AvgIpc) is 3.12. The van der Waals surface area contributed by atoms with E-state index in [1.54, 1.807) is 37.4 Å². The lowest BCUT2D eigenvalue weighted by Crippen LogP contribution is -2.40. The Labute approximate surface area is 159 Å². The summed E-state index contributed by atoms with van der Waals surface area (Å²) in [5, 5.41) is 0. The van der Waals surface area contributed by atoms with Crippen molar-refractivity contribution in [1.29, 1.82) is 0 Å². The molecule has 1 aromatic carbocycles. The molecule has 3 rings (SSSR count). The molecular formula is C18H24N4O4S. The normalized spacial score (nSPS) is 18.0. The summed E-state index contributed by atoms with van der Waals surface area (Å²) < 4.78 is 38.8. The highest BCUT2D eigenvalue weighted by atomic mass is 32.2. The fourth-order valence-electron chi connectivity index (χ4n) is 3.01. The molecule has 0 saturated carbocycles. The minimum absolute atomic E-state index is 0.386. The number of aryl methyl sites for hydroxylation is 1. The third-order valence-electron chi connectivity index (χ3n) is 4.39. The Hall–Kier alpha value is -2.23. The van der Waals surface area contributed by atoms with Crippen molar-refractivity contribution in [3.63, 3.8) is 0 Å². The maximum atomic E-state index is 12.6. The van der Waals surface area contributed by atoms with Crippen LogP contribution in [0.3, 0.4) is 0 Å². The van der Waals surface area contributed by atoms with E-state index in [2.05, 4.69) is 9.97 Å². The largest absolute Gasteiger partial charge is 0.497 e. The van der Waals surface area contributed by atoms with Crippen molar-refractivity contribution in [2.45, 2.75) is 25.8 Å². The molecule has 0 bridgehead atoms. The van der Waals surface area contributed by atoms with E-state index in [1.807, 2.05) is 6.92 Å². The second kappa shape index (κ2) is 7.79. The minimum Gasteiger partial charge on any atom is -0.497 e. The molecule has 2 heterocycles. The first-order chi connectivity index (χ1) is 12.8. The molecule has 1 aromatic heterocycles. The number of hydrogen-bond acceptors (Lipinski definition) is 6. The van der Waals surface area contributed by atoms with E-state index in [0.29, 0.717) is 30.4 Å². The van der Waals surface area contributed by atoms with E-state index in [4.69, 9.17) is 9.47 Å². The molecule has 1 saturated heterocycles. The zero-order chi connectivity index (χ0) is 19.6. The van der Waals surface area contributed by atoms with Gasteiger partial charge in [-0.15, -0.1) is 0 Å². The number of benzene rings is 1. The number of rotatable bonds is 6. The van der Waals surface area contributed by atoms with Gasteiger partial charge in [-0.25, -0.2) is 4.98 Å². The Morgan fingerprint density at radius 1 is 1.15 bits per heavy atom. The van der Waals surface area contributed by atoms with Crippen molar-refractivity contribution >= 4 is 10.2 Å². The fourth-order valence-corrected chi connectivity index (χ4v) is 4.31. The Morgan fingerprint density at radius 2 is 1.81 bits per heavy atom. The van der Waals surface area contributed by atoms with E-state index < -0.39 is 16.3 Å². The summed E-state index contributed by atoms with van der Waals surface area (Å²) in [5.74, 6) is 2.19. The highest BCUT2D eigenvalue weighted by Gasteiger charge is 2.38. The highest BCUT2D eigenvalue weighted by molar-refractivity contribution is 7.86. The zero-order valence-electron chi connectivity index (χ0n) is 15.9. The van der Waals surface area contributed by atoms with E-state index >= 15 is 0 Å². The summed E-state index contributed by atoms with van der Waals surface area (Å²) in [6, 6.07) is 8.51. The van der Waals surface area contributed by atoms with E-state index in [0.717, 1.165) is 17.9 Å². The number of nitrogens with zero attached hydrogens (tertiary/aromatic N) is 4. The van der Waals surface area contributed by atoms with Gasteiger partial charge in [0.15, 0.2) is 5.82 Å². The molecule has 9 heteroatoms. The Bertz CT molecular complexity index is 900. The summed E-state index contributed by atoms with van der Waals surface area (Å²) in [6.07, 6.45) is 1.45. The van der Waals surface area contributed by atoms with Gasteiger partial charge >= 0.3 is 0 Å². The zero-order valence-corrected chi connectivity index (χ0v) is 16.7. The van der Waals surface area contributed by atoms with Gasteiger partial charge < -0.3 is 9.47 Å². The van der Waals surface area contributed by atoms with Gasteiger partial charge in [0.25, 0.3) is 10.2 Å². The van der Waals surface area contributed by atoms with Crippen molar-refractivity contribution in [2.75, 3.05) is 27.7 Å². The second-order valence-electron chi connectivity index (χ2n) is 6.54. The van der Waals surface area contributed by atoms with Crippen LogP contribution in [0.1, 0.15) is 30.4 Å². The van der Waals surface area contributed by atoms with Crippen molar-refractivity contribution in [1.82, 2.24) is 18.6 Å². The molecule has 8 nitrogen and oxygen atoms in total. The number of hydrogen-bond donors (Lipinski definition) is 0. The van der Waals surface area contributed by atoms with Crippen molar-refractivity contribution in [2.24, 2.45) is 0 Å². The first kappa shape index (κ1) is 19.5. The van der Waals surface area contributed by atoms with Crippen LogP contribution in [0.5, 0.6) is 17.4 Å². The lowest BCUT2D eigenvalue weighted by atomic mass is 10.2. The van der Waals surface area contributed by atoms with Gasteiger partial charge in [-0.2, -0.15) is 22.0 Å². The molecule has 0 aliphatic carbocycles. The van der Waals surface area contributed by atoms with Gasteiger partial charge in [-0.3, -0.25) is 0 Å². The summed E-state index contributed by atoms with van der Waals surface area (Å²) in [7, 11) is 1.12. The SMILES string of the molecule is COc1ccc(Oc2cc(C)nc(C3CCCN3S(=O)(=O)N(C)C)n2)cc1. The maximum absolute atomic E-state index is 12.6. The summed E-state index contributed by atoms with van der Waals surface area (Å²) in [5.41, 5.74) is 0.720. The Balaban J connectivity index is 1.88. The molecule has 0 spiro atoms. The van der Waals surface area contributed by atoms with E-state index in [-0.39, 0.29) is 0 Å². The van der Waals surface area contributed by atoms with E-state index in [1.165, 1.54) is 22.7 Å². The van der Waals surface area contributed by atoms with Crippen LogP contribution < -0.4 is 9.47 Å². The van der Waals surface area contributed by atoms with Crippen LogP contribution in [0.4, 0.5) is 0 Å². The number of methoxy groups -OCH3 is 1.